The number of anilines is 1. The Hall–Kier alpha value is -2.21. The molecule has 1 N–H and O–H groups in total. The average Bonchev–Trinajstić information content (AvgIpc) is 3.21. The van der Waals surface area contributed by atoms with Crippen LogP contribution >= 0.6 is 11.3 Å². The molecule has 5 nitrogen and oxygen atoms in total. The zero-order valence-corrected chi connectivity index (χ0v) is 14.8. The highest BCUT2D eigenvalue weighted by atomic mass is 32.1. The smallest absolute Gasteiger partial charge is 0.183 e. The van der Waals surface area contributed by atoms with Crippen LogP contribution in [0.25, 0.3) is 11.5 Å². The van der Waals surface area contributed by atoms with E-state index in [-0.39, 0.29) is 0 Å². The van der Waals surface area contributed by atoms with Crippen molar-refractivity contribution in [2.24, 2.45) is 0 Å². The van der Waals surface area contributed by atoms with E-state index in [9.17, 15) is 0 Å². The second kappa shape index (κ2) is 6.36. The molecule has 0 amide bonds. The molecule has 1 fully saturated rings. The third-order valence-corrected chi connectivity index (χ3v) is 5.20. The van der Waals surface area contributed by atoms with Gasteiger partial charge in [0.25, 0.3) is 0 Å². The number of aryl methyl sites for hydroxylation is 1. The van der Waals surface area contributed by atoms with E-state index in [4.69, 9.17) is 10.1 Å². The number of benzene rings is 1. The fraction of sp³-hybridized carbons (Fsp3) is 0.389. The van der Waals surface area contributed by atoms with Gasteiger partial charge in [-0.15, -0.1) is 11.3 Å². The summed E-state index contributed by atoms with van der Waals surface area (Å²) in [7, 11) is 1.89. The summed E-state index contributed by atoms with van der Waals surface area (Å²) in [4.78, 5) is 9.39. The van der Waals surface area contributed by atoms with Crippen molar-refractivity contribution in [1.29, 1.82) is 0 Å². The maximum absolute atomic E-state index is 4.79. The number of hydrogen-bond donors (Lipinski definition) is 1. The van der Waals surface area contributed by atoms with E-state index in [2.05, 4.69) is 41.5 Å². The summed E-state index contributed by atoms with van der Waals surface area (Å²) in [6.07, 6.45) is 3.47. The average molecular weight is 339 g/mol. The summed E-state index contributed by atoms with van der Waals surface area (Å²) in [6, 6.07) is 8.74. The molecule has 0 unspecified atom stereocenters. The lowest BCUT2D eigenvalue weighted by Gasteiger charge is -2.05. The van der Waals surface area contributed by atoms with Crippen molar-refractivity contribution in [2.45, 2.75) is 38.6 Å². The molecular weight excluding hydrogens is 318 g/mol. The van der Waals surface area contributed by atoms with Crippen LogP contribution in [0.15, 0.2) is 29.6 Å². The fourth-order valence-electron chi connectivity index (χ4n) is 2.72. The van der Waals surface area contributed by atoms with Crippen LogP contribution in [0.5, 0.6) is 0 Å². The Morgan fingerprint density at radius 3 is 2.54 bits per heavy atom. The number of thiazole rings is 1. The minimum absolute atomic E-state index is 0.537. The van der Waals surface area contributed by atoms with Gasteiger partial charge in [0.05, 0.1) is 6.54 Å². The molecule has 1 saturated carbocycles. The summed E-state index contributed by atoms with van der Waals surface area (Å²) >= 11 is 1.59. The van der Waals surface area contributed by atoms with Gasteiger partial charge in [0.15, 0.2) is 16.8 Å². The molecule has 124 valence electrons. The molecule has 0 radical (unpaired) electrons. The van der Waals surface area contributed by atoms with Crippen molar-refractivity contribution in [2.75, 3.05) is 12.4 Å². The lowest BCUT2D eigenvalue weighted by Crippen LogP contribution is -2.05. The van der Waals surface area contributed by atoms with Gasteiger partial charge in [0, 0.05) is 18.3 Å². The van der Waals surface area contributed by atoms with Gasteiger partial charge in [0.2, 0.25) is 0 Å². The van der Waals surface area contributed by atoms with Crippen LogP contribution in [0.2, 0.25) is 0 Å². The Bertz CT molecular complexity index is 829. The highest BCUT2D eigenvalue weighted by Crippen LogP contribution is 2.39. The Labute approximate surface area is 145 Å². The van der Waals surface area contributed by atoms with Crippen LogP contribution in [-0.4, -0.2) is 26.8 Å². The number of nitrogens with one attached hydrogen (secondary N) is 1. The van der Waals surface area contributed by atoms with E-state index in [0.29, 0.717) is 5.92 Å². The van der Waals surface area contributed by atoms with Crippen LogP contribution in [0.1, 0.15) is 42.6 Å². The first kappa shape index (κ1) is 15.3. The Morgan fingerprint density at radius 1 is 1.17 bits per heavy atom. The van der Waals surface area contributed by atoms with Gasteiger partial charge in [-0.25, -0.2) is 14.6 Å². The fourth-order valence-corrected chi connectivity index (χ4v) is 3.37. The monoisotopic (exact) mass is 339 g/mol. The molecule has 6 heteroatoms. The molecule has 24 heavy (non-hydrogen) atoms. The van der Waals surface area contributed by atoms with Crippen LogP contribution in [0.3, 0.4) is 0 Å². The number of aromatic nitrogens is 4. The number of rotatable bonds is 6. The summed E-state index contributed by atoms with van der Waals surface area (Å²) in [5.74, 6) is 2.37. The Balaban J connectivity index is 1.67. The van der Waals surface area contributed by atoms with E-state index in [1.165, 1.54) is 24.0 Å². The molecule has 0 spiro atoms. The third-order valence-electron chi connectivity index (χ3n) is 4.34. The van der Waals surface area contributed by atoms with Crippen molar-refractivity contribution in [1.82, 2.24) is 19.7 Å². The van der Waals surface area contributed by atoms with Gasteiger partial charge in [-0.1, -0.05) is 31.2 Å². The van der Waals surface area contributed by atoms with Crippen molar-refractivity contribution in [3.8, 4) is 11.5 Å². The molecule has 1 aliphatic rings. The molecule has 4 rings (SSSR count). The van der Waals surface area contributed by atoms with E-state index in [1.807, 2.05) is 17.1 Å². The predicted octanol–water partition coefficient (Wildman–Crippen LogP) is 3.93. The zero-order chi connectivity index (χ0) is 16.5. The van der Waals surface area contributed by atoms with Crippen LogP contribution in [0.4, 0.5) is 5.13 Å². The lowest BCUT2D eigenvalue weighted by molar-refractivity contribution is 0.677. The van der Waals surface area contributed by atoms with Crippen molar-refractivity contribution < 1.29 is 0 Å². The largest absolute Gasteiger partial charge is 0.365 e. The molecule has 0 saturated heterocycles. The molecule has 3 aromatic rings. The molecule has 0 aliphatic heterocycles. The Kier molecular flexibility index (Phi) is 4.06. The maximum atomic E-state index is 4.79. The van der Waals surface area contributed by atoms with Crippen molar-refractivity contribution in [3.05, 3.63) is 46.6 Å². The SMILES string of the molecule is CCc1ccc(Cn2nc(C3CC3)nc2-c2csc(NC)n2)cc1. The maximum Gasteiger partial charge on any atom is 0.183 e. The zero-order valence-electron chi connectivity index (χ0n) is 14.0. The third kappa shape index (κ3) is 3.06. The summed E-state index contributed by atoms with van der Waals surface area (Å²) < 4.78 is 2.00. The number of hydrogen-bond acceptors (Lipinski definition) is 5. The standard InChI is InChI=1S/C18H21N5S/c1-3-12-4-6-13(7-5-12)10-23-17(15-11-24-18(19-2)20-15)21-16(22-23)14-8-9-14/h4-7,11,14H,3,8-10H2,1-2H3,(H,19,20). The summed E-state index contributed by atoms with van der Waals surface area (Å²) in [5, 5.41) is 10.8. The molecular formula is C18H21N5S. The highest BCUT2D eigenvalue weighted by Gasteiger charge is 2.29. The molecule has 0 bridgehead atoms. The van der Waals surface area contributed by atoms with Crippen molar-refractivity contribution in [3.63, 3.8) is 0 Å². The van der Waals surface area contributed by atoms with Gasteiger partial charge in [-0.2, -0.15) is 5.10 Å². The normalized spacial score (nSPS) is 14.1. The first-order valence-corrected chi connectivity index (χ1v) is 9.31. The van der Waals surface area contributed by atoms with E-state index in [0.717, 1.165) is 35.4 Å². The first-order valence-electron chi connectivity index (χ1n) is 8.43. The quantitative estimate of drug-likeness (QED) is 0.739. The predicted molar refractivity (Wildman–Crippen MR) is 97.6 cm³/mol. The van der Waals surface area contributed by atoms with Crippen LogP contribution < -0.4 is 5.32 Å². The van der Waals surface area contributed by atoms with Crippen molar-refractivity contribution >= 4 is 16.5 Å². The molecule has 1 aromatic carbocycles. The van der Waals surface area contributed by atoms with Crippen LogP contribution in [0, 0.1) is 0 Å². The second-order valence-electron chi connectivity index (χ2n) is 6.18. The van der Waals surface area contributed by atoms with Gasteiger partial charge in [0.1, 0.15) is 5.69 Å². The molecule has 1 aliphatic carbocycles. The van der Waals surface area contributed by atoms with E-state index in [1.54, 1.807) is 11.3 Å². The molecule has 0 atom stereocenters. The summed E-state index contributed by atoms with van der Waals surface area (Å²) in [5.41, 5.74) is 3.49. The first-order chi connectivity index (χ1) is 11.8. The highest BCUT2D eigenvalue weighted by molar-refractivity contribution is 7.14. The molecule has 2 aromatic heterocycles. The number of nitrogens with zero attached hydrogens (tertiary/aromatic N) is 4. The Morgan fingerprint density at radius 2 is 1.92 bits per heavy atom. The second-order valence-corrected chi connectivity index (χ2v) is 7.04. The topological polar surface area (TPSA) is 55.6 Å². The molecule has 2 heterocycles. The van der Waals surface area contributed by atoms with E-state index < -0.39 is 0 Å². The lowest BCUT2D eigenvalue weighted by atomic mass is 10.1. The minimum atomic E-state index is 0.537. The minimum Gasteiger partial charge on any atom is -0.365 e. The van der Waals surface area contributed by atoms with Gasteiger partial charge in [-0.05, 0) is 30.4 Å². The summed E-state index contributed by atoms with van der Waals surface area (Å²) in [6.45, 7) is 2.90. The van der Waals surface area contributed by atoms with Gasteiger partial charge in [-0.3, -0.25) is 0 Å². The van der Waals surface area contributed by atoms with E-state index >= 15 is 0 Å². The van der Waals surface area contributed by atoms with Gasteiger partial charge < -0.3 is 5.32 Å². The van der Waals surface area contributed by atoms with Crippen LogP contribution in [-0.2, 0) is 13.0 Å². The van der Waals surface area contributed by atoms with Gasteiger partial charge >= 0.3 is 0 Å².